The summed E-state index contributed by atoms with van der Waals surface area (Å²) < 4.78 is 6.45. The molecule has 1 aliphatic heterocycles. The van der Waals surface area contributed by atoms with Gasteiger partial charge in [-0.1, -0.05) is 133 Å². The lowest BCUT2D eigenvalue weighted by atomic mass is 9.85. The summed E-state index contributed by atoms with van der Waals surface area (Å²) in [4.78, 5) is 0. The van der Waals surface area contributed by atoms with E-state index >= 15 is 0 Å². The summed E-state index contributed by atoms with van der Waals surface area (Å²) in [6, 6.07) is 57.4. The maximum atomic E-state index is 6.45. The molecule has 1 nitrogen and oxygen atoms in total. The maximum Gasteiger partial charge on any atom is 0.135 e. The van der Waals surface area contributed by atoms with Crippen LogP contribution in [0.2, 0.25) is 0 Å². The van der Waals surface area contributed by atoms with Crippen molar-refractivity contribution in [3.63, 3.8) is 0 Å². The monoisotopic (exact) mass is 570 g/mol. The molecule has 0 radical (unpaired) electrons. The van der Waals surface area contributed by atoms with Gasteiger partial charge in [-0.15, -0.1) is 0 Å². The molecule has 1 heterocycles. The SMILES string of the molecule is c1ccc2c(-c3c4ccccc4cc4c3ccc3cccc(-c5ccc6c(c5)-c5cccc7cccc(c57)O6)c34)cccc2c1. The minimum atomic E-state index is 0.902. The van der Waals surface area contributed by atoms with Crippen molar-refractivity contribution in [1.82, 2.24) is 0 Å². The summed E-state index contributed by atoms with van der Waals surface area (Å²) in [5, 5.41) is 12.5. The van der Waals surface area contributed by atoms with Crippen molar-refractivity contribution in [3.05, 3.63) is 158 Å². The zero-order chi connectivity index (χ0) is 29.5. The number of benzene rings is 9. The van der Waals surface area contributed by atoms with Crippen molar-refractivity contribution in [1.29, 1.82) is 0 Å². The fraction of sp³-hybridized carbons (Fsp3) is 0. The number of hydrogen-bond acceptors (Lipinski definition) is 1. The molecule has 1 aliphatic rings. The van der Waals surface area contributed by atoms with Crippen LogP contribution in [0.4, 0.5) is 0 Å². The molecule has 9 aromatic carbocycles. The fourth-order valence-corrected chi connectivity index (χ4v) is 7.63. The zero-order valence-corrected chi connectivity index (χ0v) is 24.4. The lowest BCUT2D eigenvalue weighted by Crippen LogP contribution is -1.97. The molecule has 0 saturated heterocycles. The Hall–Kier alpha value is -5.92. The predicted octanol–water partition coefficient (Wildman–Crippen LogP) is 12.6. The molecule has 0 spiro atoms. The van der Waals surface area contributed by atoms with Crippen LogP contribution in [-0.4, -0.2) is 0 Å². The van der Waals surface area contributed by atoms with E-state index in [1.54, 1.807) is 0 Å². The van der Waals surface area contributed by atoms with Gasteiger partial charge < -0.3 is 4.74 Å². The molecule has 0 amide bonds. The van der Waals surface area contributed by atoms with Gasteiger partial charge in [0.25, 0.3) is 0 Å². The van der Waals surface area contributed by atoms with Crippen molar-refractivity contribution < 1.29 is 4.74 Å². The molecular weight excluding hydrogens is 544 g/mol. The lowest BCUT2D eigenvalue weighted by Gasteiger charge is -2.22. The molecule has 0 fully saturated rings. The van der Waals surface area contributed by atoms with Gasteiger partial charge in [-0.3, -0.25) is 0 Å². The van der Waals surface area contributed by atoms with Crippen LogP contribution in [0.3, 0.4) is 0 Å². The molecule has 0 aliphatic carbocycles. The van der Waals surface area contributed by atoms with Crippen molar-refractivity contribution in [3.8, 4) is 44.9 Å². The summed E-state index contributed by atoms with van der Waals surface area (Å²) in [6.07, 6.45) is 0. The highest BCUT2D eigenvalue weighted by Gasteiger charge is 2.21. The van der Waals surface area contributed by atoms with E-state index in [1.165, 1.54) is 81.7 Å². The van der Waals surface area contributed by atoms with E-state index in [9.17, 15) is 0 Å². The van der Waals surface area contributed by atoms with Crippen LogP contribution in [0.15, 0.2) is 158 Å². The molecule has 208 valence electrons. The summed E-state index contributed by atoms with van der Waals surface area (Å²) in [7, 11) is 0. The predicted molar refractivity (Wildman–Crippen MR) is 190 cm³/mol. The third kappa shape index (κ3) is 3.56. The first kappa shape index (κ1) is 24.5. The van der Waals surface area contributed by atoms with Crippen molar-refractivity contribution in [2.75, 3.05) is 0 Å². The fourth-order valence-electron chi connectivity index (χ4n) is 7.63. The summed E-state index contributed by atoms with van der Waals surface area (Å²) in [6.45, 7) is 0. The number of ether oxygens (including phenoxy) is 1. The Bertz CT molecular complexity index is 2670. The van der Waals surface area contributed by atoms with Crippen LogP contribution in [0.1, 0.15) is 0 Å². The topological polar surface area (TPSA) is 9.23 Å². The first-order valence-electron chi connectivity index (χ1n) is 15.5. The maximum absolute atomic E-state index is 6.45. The van der Waals surface area contributed by atoms with E-state index < -0.39 is 0 Å². The van der Waals surface area contributed by atoms with E-state index in [1.807, 2.05) is 0 Å². The van der Waals surface area contributed by atoms with E-state index in [0.717, 1.165) is 17.1 Å². The molecule has 0 bridgehead atoms. The molecule has 45 heavy (non-hydrogen) atoms. The van der Waals surface area contributed by atoms with Gasteiger partial charge in [0.2, 0.25) is 0 Å². The summed E-state index contributed by atoms with van der Waals surface area (Å²) in [5.41, 5.74) is 7.33. The minimum Gasteiger partial charge on any atom is -0.456 e. The van der Waals surface area contributed by atoms with Crippen molar-refractivity contribution >= 4 is 53.9 Å². The van der Waals surface area contributed by atoms with Crippen molar-refractivity contribution in [2.45, 2.75) is 0 Å². The standard InChI is InChI=1S/C44H26O/c1-3-15-32-27(9-1)11-5-18-35(32)44-34-16-4-2-10-30(34)26-39-37(44)23-21-29-13-6-17-33(42(29)39)31-22-24-40-38(25-31)36-19-7-12-28-14-8-20-41(45-40)43(28)36/h1-26H. The third-order valence-electron chi connectivity index (χ3n) is 9.61. The highest BCUT2D eigenvalue weighted by Crippen LogP contribution is 2.49. The number of hydrogen-bond donors (Lipinski definition) is 0. The van der Waals surface area contributed by atoms with Crippen molar-refractivity contribution in [2.24, 2.45) is 0 Å². The molecule has 10 rings (SSSR count). The van der Waals surface area contributed by atoms with Crippen LogP contribution >= 0.6 is 0 Å². The molecule has 0 unspecified atom stereocenters. The van der Waals surface area contributed by atoms with Crippen LogP contribution in [0.5, 0.6) is 11.5 Å². The average molecular weight is 571 g/mol. The lowest BCUT2D eigenvalue weighted by molar-refractivity contribution is 0.487. The van der Waals surface area contributed by atoms with Crippen LogP contribution < -0.4 is 4.74 Å². The summed E-state index contributed by atoms with van der Waals surface area (Å²) >= 11 is 0. The highest BCUT2D eigenvalue weighted by molar-refractivity contribution is 6.24. The van der Waals surface area contributed by atoms with Gasteiger partial charge >= 0.3 is 0 Å². The Balaban J connectivity index is 1.29. The normalized spacial score (nSPS) is 12.2. The molecule has 9 aromatic rings. The van der Waals surface area contributed by atoms with Crippen LogP contribution in [0, 0.1) is 0 Å². The second kappa shape index (κ2) is 9.29. The Labute approximate surface area is 260 Å². The second-order valence-corrected chi connectivity index (χ2v) is 12.0. The van der Waals surface area contributed by atoms with Gasteiger partial charge in [0.15, 0.2) is 0 Å². The van der Waals surface area contributed by atoms with Gasteiger partial charge in [0.05, 0.1) is 0 Å². The Morgan fingerprint density at radius 3 is 1.84 bits per heavy atom. The molecule has 1 heteroatoms. The van der Waals surface area contributed by atoms with E-state index in [0.29, 0.717) is 0 Å². The molecule has 0 atom stereocenters. The molecular formula is C44H26O. The quantitative estimate of drug-likeness (QED) is 0.148. The molecule has 0 saturated carbocycles. The van der Waals surface area contributed by atoms with Gasteiger partial charge in [-0.05, 0) is 101 Å². The minimum absolute atomic E-state index is 0.902. The van der Waals surface area contributed by atoms with E-state index in [-0.39, 0.29) is 0 Å². The Morgan fingerprint density at radius 2 is 0.978 bits per heavy atom. The van der Waals surface area contributed by atoms with Gasteiger partial charge in [0, 0.05) is 10.9 Å². The second-order valence-electron chi connectivity index (χ2n) is 12.0. The number of fused-ring (bicyclic) bond motifs is 7. The zero-order valence-electron chi connectivity index (χ0n) is 24.4. The van der Waals surface area contributed by atoms with E-state index in [4.69, 9.17) is 4.74 Å². The van der Waals surface area contributed by atoms with E-state index in [2.05, 4.69) is 158 Å². The van der Waals surface area contributed by atoms with Gasteiger partial charge in [-0.2, -0.15) is 0 Å². The summed E-state index contributed by atoms with van der Waals surface area (Å²) in [5.74, 6) is 1.83. The first-order chi connectivity index (χ1) is 22.3. The van der Waals surface area contributed by atoms with Gasteiger partial charge in [-0.25, -0.2) is 0 Å². The smallest absolute Gasteiger partial charge is 0.135 e. The van der Waals surface area contributed by atoms with Crippen LogP contribution in [-0.2, 0) is 0 Å². The largest absolute Gasteiger partial charge is 0.456 e. The molecule has 0 N–H and O–H groups in total. The van der Waals surface area contributed by atoms with Crippen LogP contribution in [0.25, 0.3) is 87.2 Å². The highest BCUT2D eigenvalue weighted by atomic mass is 16.5. The third-order valence-corrected chi connectivity index (χ3v) is 9.61. The molecule has 0 aromatic heterocycles. The first-order valence-corrected chi connectivity index (χ1v) is 15.5. The van der Waals surface area contributed by atoms with Gasteiger partial charge in [0.1, 0.15) is 11.5 Å². The Kier molecular flexibility index (Phi) is 5.06. The Morgan fingerprint density at radius 1 is 0.311 bits per heavy atom. The number of rotatable bonds is 2. The average Bonchev–Trinajstić information content (AvgIpc) is 3.10.